The Morgan fingerprint density at radius 1 is 1.15 bits per heavy atom. The highest BCUT2D eigenvalue weighted by Crippen LogP contribution is 2.21. The average Bonchev–Trinajstić information content (AvgIpc) is 2.64. The highest BCUT2D eigenvalue weighted by molar-refractivity contribution is 9.10. The molecule has 0 unspecified atom stereocenters. The number of ether oxygens (including phenoxy) is 1. The molecule has 5 heteroatoms. The van der Waals surface area contributed by atoms with Crippen molar-refractivity contribution in [3.63, 3.8) is 0 Å². The minimum Gasteiger partial charge on any atom is -0.483 e. The van der Waals surface area contributed by atoms with Crippen LogP contribution in [0.15, 0.2) is 58.1 Å². The van der Waals surface area contributed by atoms with E-state index < -0.39 is 0 Å². The molecule has 0 aliphatic heterocycles. The maximum atomic E-state index is 12.1. The number of nitrogens with zero attached hydrogens (tertiary/aromatic N) is 1. The molecule has 0 aliphatic rings. The normalized spacial score (nSPS) is 11.3. The average molecular weight is 417 g/mol. The van der Waals surface area contributed by atoms with E-state index in [-0.39, 0.29) is 12.5 Å². The van der Waals surface area contributed by atoms with Gasteiger partial charge < -0.3 is 4.74 Å². The monoisotopic (exact) mass is 416 g/mol. The van der Waals surface area contributed by atoms with Crippen LogP contribution in [-0.2, 0) is 4.79 Å². The predicted octanol–water partition coefficient (Wildman–Crippen LogP) is 5.24. The number of benzene rings is 2. The zero-order valence-corrected chi connectivity index (χ0v) is 16.9. The first-order valence-electron chi connectivity index (χ1n) is 8.90. The molecule has 2 aromatic rings. The molecule has 1 amide bonds. The second-order valence-electron chi connectivity index (χ2n) is 6.12. The van der Waals surface area contributed by atoms with E-state index >= 15 is 0 Å². The van der Waals surface area contributed by atoms with Gasteiger partial charge in [0.1, 0.15) is 5.75 Å². The first-order chi connectivity index (χ1) is 12.6. The number of carbonyl (C=O) groups is 1. The van der Waals surface area contributed by atoms with Gasteiger partial charge in [0.15, 0.2) is 6.61 Å². The number of unbranched alkanes of at least 4 members (excludes halogenated alkanes) is 2. The van der Waals surface area contributed by atoms with E-state index in [2.05, 4.69) is 33.4 Å². The van der Waals surface area contributed by atoms with Crippen molar-refractivity contribution >= 4 is 27.5 Å². The van der Waals surface area contributed by atoms with Crippen LogP contribution in [0.2, 0.25) is 0 Å². The summed E-state index contributed by atoms with van der Waals surface area (Å²) in [6, 6.07) is 15.6. The van der Waals surface area contributed by atoms with Gasteiger partial charge in [0.25, 0.3) is 5.91 Å². The maximum Gasteiger partial charge on any atom is 0.277 e. The van der Waals surface area contributed by atoms with Gasteiger partial charge >= 0.3 is 0 Å². The van der Waals surface area contributed by atoms with Crippen LogP contribution in [-0.4, -0.2) is 18.2 Å². The first-order valence-corrected chi connectivity index (χ1v) is 9.69. The molecule has 0 aromatic heterocycles. The van der Waals surface area contributed by atoms with Crippen molar-refractivity contribution in [3.05, 3.63) is 64.1 Å². The Morgan fingerprint density at radius 3 is 2.62 bits per heavy atom. The minimum absolute atomic E-state index is 0.0665. The number of aryl methyl sites for hydroxylation is 1. The van der Waals surface area contributed by atoms with E-state index in [1.807, 2.05) is 55.5 Å². The summed E-state index contributed by atoms with van der Waals surface area (Å²) in [6.07, 6.45) is 4.18. The lowest BCUT2D eigenvalue weighted by atomic mass is 10.0. The molecule has 0 saturated heterocycles. The molecule has 2 rings (SSSR count). The van der Waals surface area contributed by atoms with E-state index in [1.165, 1.54) is 0 Å². The fraction of sp³-hybridized carbons (Fsp3) is 0.333. The summed E-state index contributed by atoms with van der Waals surface area (Å²) >= 11 is 3.41. The third-order valence-corrected chi connectivity index (χ3v) is 4.43. The standard InChI is InChI=1S/C21H25BrN2O2/c1-3-4-6-11-19(17-9-7-5-8-10-17)23-24-21(25)15-26-20-13-12-18(22)14-16(20)2/h5,7-10,12-14H,3-4,6,11,15H2,1-2H3,(H,24,25)/b23-19+. The summed E-state index contributed by atoms with van der Waals surface area (Å²) in [5.41, 5.74) is 5.53. The van der Waals surface area contributed by atoms with Gasteiger partial charge in [-0.05, 0) is 49.1 Å². The van der Waals surface area contributed by atoms with Gasteiger partial charge in [0.2, 0.25) is 0 Å². The van der Waals surface area contributed by atoms with Gasteiger partial charge in [-0.15, -0.1) is 0 Å². The third kappa shape index (κ3) is 6.64. The van der Waals surface area contributed by atoms with Crippen molar-refractivity contribution in [2.75, 3.05) is 6.61 Å². The predicted molar refractivity (Wildman–Crippen MR) is 110 cm³/mol. The molecule has 4 nitrogen and oxygen atoms in total. The van der Waals surface area contributed by atoms with Crippen LogP contribution in [0.3, 0.4) is 0 Å². The summed E-state index contributed by atoms with van der Waals surface area (Å²) in [7, 11) is 0. The summed E-state index contributed by atoms with van der Waals surface area (Å²) in [4.78, 5) is 12.1. The first kappa shape index (κ1) is 20.2. The molecule has 0 atom stereocenters. The zero-order valence-electron chi connectivity index (χ0n) is 15.3. The Balaban J connectivity index is 1.95. The molecule has 0 fully saturated rings. The maximum absolute atomic E-state index is 12.1. The van der Waals surface area contributed by atoms with E-state index in [0.717, 1.165) is 47.0 Å². The van der Waals surface area contributed by atoms with Gasteiger partial charge in [-0.25, -0.2) is 5.43 Å². The zero-order chi connectivity index (χ0) is 18.8. The molecule has 1 N–H and O–H groups in total. The van der Waals surface area contributed by atoms with Gasteiger partial charge in [0, 0.05) is 4.47 Å². The van der Waals surface area contributed by atoms with Gasteiger partial charge in [-0.1, -0.05) is 66.0 Å². The summed E-state index contributed by atoms with van der Waals surface area (Å²) in [5, 5.41) is 4.34. The Labute approximate surface area is 163 Å². The van der Waals surface area contributed by atoms with E-state index in [0.29, 0.717) is 5.75 Å². The van der Waals surface area contributed by atoms with E-state index in [9.17, 15) is 4.79 Å². The van der Waals surface area contributed by atoms with Crippen LogP contribution in [0.25, 0.3) is 0 Å². The highest BCUT2D eigenvalue weighted by atomic mass is 79.9. The molecule has 0 spiro atoms. The molecule has 0 radical (unpaired) electrons. The number of hydrogen-bond donors (Lipinski definition) is 1. The molecule has 0 aliphatic carbocycles. The van der Waals surface area contributed by atoms with Crippen molar-refractivity contribution < 1.29 is 9.53 Å². The molecule has 26 heavy (non-hydrogen) atoms. The lowest BCUT2D eigenvalue weighted by Crippen LogP contribution is -2.26. The summed E-state index contributed by atoms with van der Waals surface area (Å²) in [5.74, 6) is 0.426. The molecule has 0 saturated carbocycles. The molecular formula is C21H25BrN2O2. The summed E-state index contributed by atoms with van der Waals surface area (Å²) in [6.45, 7) is 4.04. The smallest absolute Gasteiger partial charge is 0.277 e. The number of halogens is 1. The summed E-state index contributed by atoms with van der Waals surface area (Å²) < 4.78 is 6.57. The molecule has 2 aromatic carbocycles. The number of hydrazone groups is 1. The van der Waals surface area contributed by atoms with Crippen LogP contribution in [0.4, 0.5) is 0 Å². The number of carbonyl (C=O) groups excluding carboxylic acids is 1. The second kappa shape index (κ2) is 10.8. The van der Waals surface area contributed by atoms with Crippen LogP contribution in [0.5, 0.6) is 5.75 Å². The van der Waals surface area contributed by atoms with Crippen LogP contribution < -0.4 is 10.2 Å². The number of rotatable bonds is 9. The van der Waals surface area contributed by atoms with Gasteiger partial charge in [0.05, 0.1) is 5.71 Å². The Morgan fingerprint density at radius 2 is 1.92 bits per heavy atom. The Hall–Kier alpha value is -2.14. The lowest BCUT2D eigenvalue weighted by molar-refractivity contribution is -0.123. The van der Waals surface area contributed by atoms with Crippen molar-refractivity contribution in [2.24, 2.45) is 5.10 Å². The number of amides is 1. The molecule has 0 bridgehead atoms. The second-order valence-corrected chi connectivity index (χ2v) is 7.03. The largest absolute Gasteiger partial charge is 0.483 e. The van der Waals surface area contributed by atoms with Crippen molar-refractivity contribution in [2.45, 2.75) is 39.5 Å². The van der Waals surface area contributed by atoms with Crippen molar-refractivity contribution in [3.8, 4) is 5.75 Å². The van der Waals surface area contributed by atoms with Gasteiger partial charge in [-0.2, -0.15) is 5.10 Å². The number of hydrogen-bond acceptors (Lipinski definition) is 3. The topological polar surface area (TPSA) is 50.7 Å². The van der Waals surface area contributed by atoms with Gasteiger partial charge in [-0.3, -0.25) is 4.79 Å². The van der Waals surface area contributed by atoms with Crippen LogP contribution in [0.1, 0.15) is 43.7 Å². The lowest BCUT2D eigenvalue weighted by Gasteiger charge is -2.10. The fourth-order valence-electron chi connectivity index (χ4n) is 2.52. The third-order valence-electron chi connectivity index (χ3n) is 3.94. The minimum atomic E-state index is -0.267. The SMILES string of the molecule is CCCCC/C(=N\NC(=O)COc1ccc(Br)cc1C)c1ccccc1. The molecular weight excluding hydrogens is 392 g/mol. The highest BCUT2D eigenvalue weighted by Gasteiger charge is 2.07. The molecule has 0 heterocycles. The number of nitrogens with one attached hydrogen (secondary N) is 1. The Kier molecular flexibility index (Phi) is 8.35. The van der Waals surface area contributed by atoms with Crippen LogP contribution >= 0.6 is 15.9 Å². The van der Waals surface area contributed by atoms with Crippen LogP contribution in [0, 0.1) is 6.92 Å². The van der Waals surface area contributed by atoms with E-state index in [4.69, 9.17) is 4.74 Å². The van der Waals surface area contributed by atoms with E-state index in [1.54, 1.807) is 0 Å². The van der Waals surface area contributed by atoms with Crippen molar-refractivity contribution in [1.82, 2.24) is 5.43 Å². The Bertz CT molecular complexity index is 745. The molecule has 138 valence electrons. The van der Waals surface area contributed by atoms with Crippen molar-refractivity contribution in [1.29, 1.82) is 0 Å². The fourth-order valence-corrected chi connectivity index (χ4v) is 2.99. The quantitative estimate of drug-likeness (QED) is 0.345.